The third-order valence-electron chi connectivity index (χ3n) is 1.32. The second kappa shape index (κ2) is 6.49. The number of carbonyl (C=O) groups excluding carboxylic acids is 1. The Hall–Kier alpha value is -1.02. The van der Waals surface area contributed by atoms with Gasteiger partial charge >= 0.3 is 0 Å². The molecule has 0 saturated heterocycles. The van der Waals surface area contributed by atoms with Crippen molar-refractivity contribution in [2.75, 3.05) is 5.73 Å². The lowest BCUT2D eigenvalue weighted by molar-refractivity contribution is -0.111. The highest BCUT2D eigenvalue weighted by Gasteiger charge is 1.97. The Morgan fingerprint density at radius 2 is 1.77 bits per heavy atom. The minimum Gasteiger partial charge on any atom is -0.399 e. The van der Waals surface area contributed by atoms with Crippen molar-refractivity contribution < 1.29 is 4.79 Å². The molecule has 13 heavy (non-hydrogen) atoms. The van der Waals surface area contributed by atoms with Crippen molar-refractivity contribution in [3.05, 3.63) is 29.8 Å². The summed E-state index contributed by atoms with van der Waals surface area (Å²) in [5.74, 6) is 0. The van der Waals surface area contributed by atoms with Crippen LogP contribution in [0.2, 0.25) is 0 Å². The number of anilines is 1. The van der Waals surface area contributed by atoms with E-state index in [1.807, 2.05) is 13.8 Å². The Kier molecular flexibility index (Phi) is 5.98. The van der Waals surface area contributed by atoms with Crippen molar-refractivity contribution in [1.29, 1.82) is 0 Å². The van der Waals surface area contributed by atoms with Gasteiger partial charge in [-0.3, -0.25) is 4.79 Å². The summed E-state index contributed by atoms with van der Waals surface area (Å²) in [6.07, 6.45) is 0.266. The summed E-state index contributed by atoms with van der Waals surface area (Å²) < 4.78 is 0. The van der Waals surface area contributed by atoms with Crippen LogP contribution in [0.5, 0.6) is 0 Å². The summed E-state index contributed by atoms with van der Waals surface area (Å²) in [5.41, 5.74) is 7.02. The third kappa shape index (κ3) is 5.26. The molecular weight excluding hydrogens is 186 g/mol. The SMILES string of the molecule is CC.Nc1ccc(CC(=O)Cl)cc1. The standard InChI is InChI=1S/C8H8ClNO.C2H6/c9-8(11)5-6-1-3-7(10)4-2-6;1-2/h1-4H,5,10H2;1-2H3. The van der Waals surface area contributed by atoms with Crippen molar-refractivity contribution in [3.63, 3.8) is 0 Å². The zero-order chi connectivity index (χ0) is 10.3. The maximum atomic E-state index is 10.4. The van der Waals surface area contributed by atoms with Gasteiger partial charge < -0.3 is 5.73 Å². The van der Waals surface area contributed by atoms with E-state index in [1.54, 1.807) is 24.3 Å². The normalized spacial score (nSPS) is 8.54. The molecule has 0 radical (unpaired) electrons. The van der Waals surface area contributed by atoms with Gasteiger partial charge in [0.1, 0.15) is 0 Å². The van der Waals surface area contributed by atoms with Crippen LogP contribution < -0.4 is 5.73 Å². The average molecular weight is 200 g/mol. The van der Waals surface area contributed by atoms with Gasteiger partial charge in [-0.05, 0) is 29.3 Å². The summed E-state index contributed by atoms with van der Waals surface area (Å²) in [5, 5.41) is -0.352. The van der Waals surface area contributed by atoms with E-state index in [1.165, 1.54) is 0 Å². The fraction of sp³-hybridized carbons (Fsp3) is 0.300. The second-order valence-electron chi connectivity index (χ2n) is 2.27. The van der Waals surface area contributed by atoms with Gasteiger partial charge in [0.25, 0.3) is 0 Å². The van der Waals surface area contributed by atoms with Crippen LogP contribution in [-0.2, 0) is 11.2 Å². The van der Waals surface area contributed by atoms with Gasteiger partial charge in [-0.2, -0.15) is 0 Å². The minimum absolute atomic E-state index is 0.266. The van der Waals surface area contributed by atoms with E-state index in [0.29, 0.717) is 5.69 Å². The van der Waals surface area contributed by atoms with Crippen molar-refractivity contribution >= 4 is 22.5 Å². The number of carbonyl (C=O) groups is 1. The molecular formula is C10H14ClNO. The summed E-state index contributed by atoms with van der Waals surface area (Å²) in [7, 11) is 0. The molecule has 0 atom stereocenters. The number of nitrogen functional groups attached to an aromatic ring is 1. The molecule has 0 bridgehead atoms. The van der Waals surface area contributed by atoms with Gasteiger partial charge in [0.05, 0.1) is 0 Å². The van der Waals surface area contributed by atoms with Crippen LogP contribution in [0.3, 0.4) is 0 Å². The van der Waals surface area contributed by atoms with Crippen LogP contribution in [0.1, 0.15) is 19.4 Å². The zero-order valence-electron chi connectivity index (χ0n) is 7.88. The Morgan fingerprint density at radius 1 is 1.31 bits per heavy atom. The van der Waals surface area contributed by atoms with Crippen LogP contribution in [0, 0.1) is 0 Å². The summed E-state index contributed by atoms with van der Waals surface area (Å²) in [6, 6.07) is 7.07. The van der Waals surface area contributed by atoms with Gasteiger partial charge in [0, 0.05) is 12.1 Å². The molecule has 0 aliphatic heterocycles. The molecule has 1 aromatic carbocycles. The van der Waals surface area contributed by atoms with Crippen molar-refractivity contribution in [2.45, 2.75) is 20.3 Å². The third-order valence-corrected chi connectivity index (χ3v) is 1.46. The fourth-order valence-electron chi connectivity index (χ4n) is 0.796. The molecule has 3 heteroatoms. The van der Waals surface area contributed by atoms with Crippen molar-refractivity contribution in [3.8, 4) is 0 Å². The molecule has 1 rings (SSSR count). The molecule has 0 amide bonds. The first-order valence-corrected chi connectivity index (χ1v) is 4.59. The molecule has 0 saturated carbocycles. The van der Waals surface area contributed by atoms with Crippen LogP contribution in [0.25, 0.3) is 0 Å². The lowest BCUT2D eigenvalue weighted by Gasteiger charge is -1.96. The van der Waals surface area contributed by atoms with Crippen molar-refractivity contribution in [2.24, 2.45) is 0 Å². The van der Waals surface area contributed by atoms with Gasteiger partial charge in [0.15, 0.2) is 0 Å². The highest BCUT2D eigenvalue weighted by atomic mass is 35.5. The molecule has 0 heterocycles. The number of hydrogen-bond donors (Lipinski definition) is 1. The molecule has 1 aromatic rings. The van der Waals surface area contributed by atoms with E-state index in [2.05, 4.69) is 0 Å². The van der Waals surface area contributed by atoms with Crippen molar-refractivity contribution in [1.82, 2.24) is 0 Å². The zero-order valence-corrected chi connectivity index (χ0v) is 8.64. The average Bonchev–Trinajstić information content (AvgIpc) is 2.12. The second-order valence-corrected chi connectivity index (χ2v) is 2.70. The number of hydrogen-bond acceptors (Lipinski definition) is 2. The van der Waals surface area contributed by atoms with Crippen LogP contribution >= 0.6 is 11.6 Å². The highest BCUT2D eigenvalue weighted by molar-refractivity contribution is 6.63. The molecule has 0 unspecified atom stereocenters. The largest absolute Gasteiger partial charge is 0.399 e. The summed E-state index contributed by atoms with van der Waals surface area (Å²) in [4.78, 5) is 10.4. The van der Waals surface area contributed by atoms with E-state index >= 15 is 0 Å². The van der Waals surface area contributed by atoms with E-state index in [-0.39, 0.29) is 11.7 Å². The minimum atomic E-state index is -0.352. The van der Waals surface area contributed by atoms with Gasteiger partial charge in [-0.25, -0.2) is 0 Å². The molecule has 2 nitrogen and oxygen atoms in total. The first-order valence-electron chi connectivity index (χ1n) is 4.21. The van der Waals surface area contributed by atoms with E-state index in [0.717, 1.165) is 5.56 Å². The van der Waals surface area contributed by atoms with Gasteiger partial charge in [-0.15, -0.1) is 0 Å². The maximum absolute atomic E-state index is 10.4. The number of benzene rings is 1. The van der Waals surface area contributed by atoms with Gasteiger partial charge in [-0.1, -0.05) is 26.0 Å². The Labute approximate surface area is 83.7 Å². The maximum Gasteiger partial charge on any atom is 0.226 e. The molecule has 0 aromatic heterocycles. The smallest absolute Gasteiger partial charge is 0.226 e. The van der Waals surface area contributed by atoms with E-state index in [9.17, 15) is 4.79 Å². The van der Waals surface area contributed by atoms with Crippen LogP contribution in [0.4, 0.5) is 5.69 Å². The predicted octanol–water partition coefficient (Wildman–Crippen LogP) is 2.60. The van der Waals surface area contributed by atoms with Crippen LogP contribution in [0.15, 0.2) is 24.3 Å². The highest BCUT2D eigenvalue weighted by Crippen LogP contribution is 2.06. The Morgan fingerprint density at radius 3 is 2.15 bits per heavy atom. The fourth-order valence-corrected chi connectivity index (χ4v) is 0.950. The monoisotopic (exact) mass is 199 g/mol. The van der Waals surface area contributed by atoms with Gasteiger partial charge in [0.2, 0.25) is 5.24 Å². The quantitative estimate of drug-likeness (QED) is 0.588. The molecule has 72 valence electrons. The van der Waals surface area contributed by atoms with Crippen LogP contribution in [-0.4, -0.2) is 5.24 Å². The van der Waals surface area contributed by atoms with E-state index < -0.39 is 0 Å². The first kappa shape index (κ1) is 12.0. The number of nitrogens with two attached hydrogens (primary N) is 1. The summed E-state index contributed by atoms with van der Waals surface area (Å²) in [6.45, 7) is 4.00. The first-order chi connectivity index (χ1) is 6.18. The molecule has 2 N–H and O–H groups in total. The number of halogens is 1. The molecule has 0 aliphatic carbocycles. The molecule has 0 aliphatic rings. The summed E-state index contributed by atoms with van der Waals surface area (Å²) >= 11 is 5.18. The molecule has 0 spiro atoms. The Balaban J connectivity index is 0.000000671. The lowest BCUT2D eigenvalue weighted by atomic mass is 10.1. The number of rotatable bonds is 2. The predicted molar refractivity (Wildman–Crippen MR) is 56.8 cm³/mol. The lowest BCUT2D eigenvalue weighted by Crippen LogP contribution is -1.93. The Bertz CT molecular complexity index is 256. The topological polar surface area (TPSA) is 43.1 Å². The molecule has 0 fully saturated rings. The van der Waals surface area contributed by atoms with E-state index in [4.69, 9.17) is 17.3 Å².